The summed E-state index contributed by atoms with van der Waals surface area (Å²) < 4.78 is 0. The molecule has 1 amide bonds. The Kier molecular flexibility index (Phi) is 3.06. The van der Waals surface area contributed by atoms with Crippen molar-refractivity contribution < 1.29 is 4.79 Å². The van der Waals surface area contributed by atoms with Crippen LogP contribution in [0.4, 0.5) is 0 Å². The molecule has 0 saturated carbocycles. The van der Waals surface area contributed by atoms with E-state index in [1.165, 1.54) is 10.4 Å². The lowest BCUT2D eigenvalue weighted by molar-refractivity contribution is 0.0734. The molecule has 0 bridgehead atoms. The second-order valence-corrected chi connectivity index (χ2v) is 5.76. The average Bonchev–Trinajstić information content (AvgIpc) is 2.85. The normalized spacial score (nSPS) is 14.3. The quantitative estimate of drug-likeness (QED) is 0.801. The van der Waals surface area contributed by atoms with Crippen LogP contribution in [-0.4, -0.2) is 27.3 Å². The Morgan fingerprint density at radius 2 is 2.26 bits per heavy atom. The molecule has 0 aromatic carbocycles. The zero-order valence-corrected chi connectivity index (χ0v) is 11.8. The molecular weight excluding hydrogens is 258 g/mol. The number of carbonyl (C=O) groups excluding carboxylic acids is 1. The van der Waals surface area contributed by atoms with Crippen LogP contribution in [0, 0.1) is 13.8 Å². The fraction of sp³-hybridized carbons (Fsp3) is 0.357. The number of amides is 1. The van der Waals surface area contributed by atoms with Gasteiger partial charge in [0, 0.05) is 24.2 Å². The van der Waals surface area contributed by atoms with Gasteiger partial charge in [0.25, 0.3) is 5.91 Å². The molecule has 0 atom stereocenters. The molecule has 19 heavy (non-hydrogen) atoms. The highest BCUT2D eigenvalue weighted by Crippen LogP contribution is 2.25. The van der Waals surface area contributed by atoms with Gasteiger partial charge in [-0.1, -0.05) is 0 Å². The summed E-state index contributed by atoms with van der Waals surface area (Å²) in [6.07, 6.45) is 2.59. The van der Waals surface area contributed by atoms with Crippen molar-refractivity contribution in [1.29, 1.82) is 0 Å². The van der Waals surface area contributed by atoms with Crippen LogP contribution >= 0.6 is 11.3 Å². The Bertz CT molecular complexity index is 635. The maximum atomic E-state index is 12.5. The Morgan fingerprint density at radius 3 is 3.05 bits per heavy atom. The van der Waals surface area contributed by atoms with Gasteiger partial charge >= 0.3 is 0 Å². The van der Waals surface area contributed by atoms with Gasteiger partial charge in [-0.25, -0.2) is 9.97 Å². The van der Waals surface area contributed by atoms with Crippen LogP contribution in [0.2, 0.25) is 0 Å². The predicted octanol–water partition coefficient (Wildman–Crippen LogP) is 2.35. The molecule has 0 saturated heterocycles. The maximum Gasteiger partial charge on any atom is 0.257 e. The second-order valence-electron chi connectivity index (χ2n) is 4.76. The molecule has 0 N–H and O–H groups in total. The second kappa shape index (κ2) is 4.74. The molecule has 1 aliphatic rings. The van der Waals surface area contributed by atoms with Gasteiger partial charge < -0.3 is 4.90 Å². The summed E-state index contributed by atoms with van der Waals surface area (Å²) in [6.45, 7) is 5.17. The minimum Gasteiger partial charge on any atom is -0.334 e. The first-order chi connectivity index (χ1) is 9.15. The number of aromatic nitrogens is 2. The van der Waals surface area contributed by atoms with Crippen molar-refractivity contribution in [1.82, 2.24) is 14.9 Å². The molecule has 4 nitrogen and oxygen atoms in total. The van der Waals surface area contributed by atoms with E-state index in [0.717, 1.165) is 18.7 Å². The third-order valence-corrected chi connectivity index (χ3v) is 4.45. The van der Waals surface area contributed by atoms with E-state index in [4.69, 9.17) is 0 Å². The van der Waals surface area contributed by atoms with E-state index in [0.29, 0.717) is 17.9 Å². The summed E-state index contributed by atoms with van der Waals surface area (Å²) in [6, 6.07) is 2.11. The van der Waals surface area contributed by atoms with Crippen molar-refractivity contribution in [3.05, 3.63) is 45.2 Å². The first-order valence-corrected chi connectivity index (χ1v) is 7.18. The summed E-state index contributed by atoms with van der Waals surface area (Å²) in [7, 11) is 0. The van der Waals surface area contributed by atoms with E-state index in [9.17, 15) is 4.79 Å². The van der Waals surface area contributed by atoms with E-state index < -0.39 is 0 Å². The number of rotatable bonds is 1. The fourth-order valence-corrected chi connectivity index (χ4v) is 3.27. The van der Waals surface area contributed by atoms with Gasteiger partial charge in [0.2, 0.25) is 0 Å². The lowest BCUT2D eigenvalue weighted by Crippen LogP contribution is -2.36. The van der Waals surface area contributed by atoms with E-state index in [1.54, 1.807) is 17.5 Å². The molecule has 98 valence electrons. The number of carbonyl (C=O) groups is 1. The largest absolute Gasteiger partial charge is 0.334 e. The van der Waals surface area contributed by atoms with E-state index in [2.05, 4.69) is 21.4 Å². The van der Waals surface area contributed by atoms with Crippen molar-refractivity contribution in [3.63, 3.8) is 0 Å². The highest BCUT2D eigenvalue weighted by molar-refractivity contribution is 7.10. The third-order valence-electron chi connectivity index (χ3n) is 3.43. The zero-order chi connectivity index (χ0) is 13.4. The minimum absolute atomic E-state index is 0.0364. The lowest BCUT2D eigenvalue weighted by atomic mass is 10.1. The van der Waals surface area contributed by atoms with Crippen LogP contribution in [-0.2, 0) is 13.0 Å². The molecule has 0 fully saturated rings. The topological polar surface area (TPSA) is 46.1 Å². The van der Waals surface area contributed by atoms with Crippen molar-refractivity contribution in [2.45, 2.75) is 26.8 Å². The number of hydrogen-bond acceptors (Lipinski definition) is 4. The number of hydrogen-bond donors (Lipinski definition) is 0. The first kappa shape index (κ1) is 12.3. The van der Waals surface area contributed by atoms with Crippen LogP contribution < -0.4 is 0 Å². The van der Waals surface area contributed by atoms with Gasteiger partial charge in [0.15, 0.2) is 0 Å². The van der Waals surface area contributed by atoms with Gasteiger partial charge in [-0.15, -0.1) is 11.3 Å². The summed E-state index contributed by atoms with van der Waals surface area (Å²) in [4.78, 5) is 24.2. The fourth-order valence-electron chi connectivity index (χ4n) is 2.39. The Labute approximate surface area is 116 Å². The van der Waals surface area contributed by atoms with Crippen LogP contribution in [0.15, 0.2) is 17.6 Å². The van der Waals surface area contributed by atoms with Gasteiger partial charge in [0.1, 0.15) is 5.82 Å². The maximum absolute atomic E-state index is 12.5. The molecular formula is C14H15N3OS. The molecule has 3 heterocycles. The SMILES string of the molecule is Cc1ncc(C(=O)N2CCc3sccc3C2)c(C)n1. The van der Waals surface area contributed by atoms with Crippen molar-refractivity contribution in [2.24, 2.45) is 0 Å². The molecule has 1 aliphatic heterocycles. The van der Waals surface area contributed by atoms with Crippen LogP contribution in [0.5, 0.6) is 0 Å². The average molecular weight is 273 g/mol. The molecule has 0 radical (unpaired) electrons. The number of fused-ring (bicyclic) bond motifs is 1. The highest BCUT2D eigenvalue weighted by atomic mass is 32.1. The predicted molar refractivity (Wildman–Crippen MR) is 74.3 cm³/mol. The van der Waals surface area contributed by atoms with Crippen LogP contribution in [0.25, 0.3) is 0 Å². The third kappa shape index (κ3) is 2.26. The van der Waals surface area contributed by atoms with E-state index >= 15 is 0 Å². The standard InChI is InChI=1S/C14H15N3OS/c1-9-12(7-15-10(2)16-9)14(18)17-5-3-13-11(8-17)4-6-19-13/h4,6-7H,3,5,8H2,1-2H3. The van der Waals surface area contributed by atoms with Crippen molar-refractivity contribution in [3.8, 4) is 0 Å². The number of thiophene rings is 1. The van der Waals surface area contributed by atoms with Crippen LogP contribution in [0.3, 0.4) is 0 Å². The Morgan fingerprint density at radius 1 is 1.42 bits per heavy atom. The summed E-state index contributed by atoms with van der Waals surface area (Å²) in [5, 5.41) is 2.10. The first-order valence-electron chi connectivity index (χ1n) is 6.30. The lowest BCUT2D eigenvalue weighted by Gasteiger charge is -2.27. The Hall–Kier alpha value is -1.75. The molecule has 0 aliphatic carbocycles. The smallest absolute Gasteiger partial charge is 0.257 e. The summed E-state index contributed by atoms with van der Waals surface area (Å²) in [5.41, 5.74) is 2.65. The highest BCUT2D eigenvalue weighted by Gasteiger charge is 2.24. The number of nitrogens with zero attached hydrogens (tertiary/aromatic N) is 3. The zero-order valence-electron chi connectivity index (χ0n) is 11.0. The molecule has 5 heteroatoms. The van der Waals surface area contributed by atoms with Gasteiger partial charge in [-0.2, -0.15) is 0 Å². The monoisotopic (exact) mass is 273 g/mol. The Balaban J connectivity index is 1.85. The minimum atomic E-state index is 0.0364. The summed E-state index contributed by atoms with van der Waals surface area (Å²) >= 11 is 1.78. The van der Waals surface area contributed by atoms with Crippen molar-refractivity contribution in [2.75, 3.05) is 6.54 Å². The van der Waals surface area contributed by atoms with Gasteiger partial charge in [0.05, 0.1) is 11.3 Å². The van der Waals surface area contributed by atoms with Gasteiger partial charge in [-0.05, 0) is 37.3 Å². The van der Waals surface area contributed by atoms with Crippen LogP contribution in [0.1, 0.15) is 32.3 Å². The van der Waals surface area contributed by atoms with Crippen molar-refractivity contribution >= 4 is 17.2 Å². The molecule has 2 aromatic rings. The molecule has 0 spiro atoms. The van der Waals surface area contributed by atoms with E-state index in [1.807, 2.05) is 18.7 Å². The number of aryl methyl sites for hydroxylation is 2. The van der Waals surface area contributed by atoms with Gasteiger partial charge in [-0.3, -0.25) is 4.79 Å². The summed E-state index contributed by atoms with van der Waals surface area (Å²) in [5.74, 6) is 0.738. The molecule has 2 aromatic heterocycles. The van der Waals surface area contributed by atoms with E-state index in [-0.39, 0.29) is 5.91 Å². The molecule has 0 unspecified atom stereocenters. The molecule has 3 rings (SSSR count).